The molecule has 1 aliphatic heterocycles. The van der Waals surface area contributed by atoms with E-state index in [2.05, 4.69) is 10.6 Å². The molecule has 1 aliphatic rings. The van der Waals surface area contributed by atoms with Gasteiger partial charge in [0.1, 0.15) is 5.82 Å². The fourth-order valence-corrected chi connectivity index (χ4v) is 1.87. The zero-order valence-corrected chi connectivity index (χ0v) is 10.8. The number of amides is 1. The van der Waals surface area contributed by atoms with E-state index in [1.165, 1.54) is 12.1 Å². The number of nitrogens with one attached hydrogen (secondary N) is 2. The Labute approximate surface area is 111 Å². The van der Waals surface area contributed by atoms with Gasteiger partial charge >= 0.3 is 0 Å². The Balaban J connectivity index is 0.00000162. The average molecular weight is 275 g/mol. The molecule has 3 N–H and O–H groups in total. The summed E-state index contributed by atoms with van der Waals surface area (Å²) in [6.07, 6.45) is -0.0628. The molecule has 0 radical (unpaired) electrons. The van der Waals surface area contributed by atoms with Crippen LogP contribution in [0.5, 0.6) is 0 Å². The maximum Gasteiger partial charge on any atom is 0.241 e. The van der Waals surface area contributed by atoms with E-state index in [0.717, 1.165) is 0 Å². The predicted octanol–water partition coefficient (Wildman–Crippen LogP) is 1.22. The van der Waals surface area contributed by atoms with Crippen LogP contribution in [0.2, 0.25) is 0 Å². The van der Waals surface area contributed by atoms with Crippen LogP contribution in [0.4, 0.5) is 10.1 Å². The lowest BCUT2D eigenvalue weighted by Crippen LogP contribution is -2.35. The molecule has 0 spiro atoms. The first-order valence-corrected chi connectivity index (χ1v) is 5.54. The van der Waals surface area contributed by atoms with Crippen LogP contribution in [0.25, 0.3) is 0 Å². The highest BCUT2D eigenvalue weighted by molar-refractivity contribution is 5.95. The van der Waals surface area contributed by atoms with Crippen molar-refractivity contribution in [1.29, 1.82) is 0 Å². The van der Waals surface area contributed by atoms with Crippen molar-refractivity contribution >= 4 is 24.0 Å². The van der Waals surface area contributed by atoms with Crippen LogP contribution in [0.15, 0.2) is 18.2 Å². The van der Waals surface area contributed by atoms with Gasteiger partial charge in [-0.3, -0.25) is 4.79 Å². The van der Waals surface area contributed by atoms with Gasteiger partial charge in [-0.05, 0) is 37.1 Å². The lowest BCUT2D eigenvalue weighted by atomic mass is 10.1. The van der Waals surface area contributed by atoms with Crippen LogP contribution < -0.4 is 10.6 Å². The van der Waals surface area contributed by atoms with Gasteiger partial charge < -0.3 is 15.7 Å². The van der Waals surface area contributed by atoms with E-state index < -0.39 is 6.10 Å². The maximum absolute atomic E-state index is 13.0. The summed E-state index contributed by atoms with van der Waals surface area (Å²) >= 11 is 0. The monoisotopic (exact) mass is 274 g/mol. The normalized spacial score (nSPS) is 22.4. The van der Waals surface area contributed by atoms with Crippen LogP contribution in [-0.2, 0) is 4.79 Å². The zero-order valence-electron chi connectivity index (χ0n) is 9.94. The molecule has 1 amide bonds. The van der Waals surface area contributed by atoms with E-state index in [9.17, 15) is 14.3 Å². The predicted molar refractivity (Wildman–Crippen MR) is 69.4 cm³/mol. The minimum atomic E-state index is -0.472. The van der Waals surface area contributed by atoms with Gasteiger partial charge in [0.2, 0.25) is 5.91 Å². The molecule has 2 unspecified atom stereocenters. The van der Waals surface area contributed by atoms with Gasteiger partial charge in [-0.2, -0.15) is 0 Å². The smallest absolute Gasteiger partial charge is 0.241 e. The summed E-state index contributed by atoms with van der Waals surface area (Å²) in [4.78, 5) is 11.8. The highest BCUT2D eigenvalue weighted by atomic mass is 35.5. The summed E-state index contributed by atoms with van der Waals surface area (Å²) in [7, 11) is 0. The van der Waals surface area contributed by atoms with Crippen molar-refractivity contribution in [2.24, 2.45) is 0 Å². The first-order chi connectivity index (χ1) is 8.06. The topological polar surface area (TPSA) is 61.4 Å². The molecule has 1 aromatic carbocycles. The van der Waals surface area contributed by atoms with Gasteiger partial charge in [-0.1, -0.05) is 0 Å². The van der Waals surface area contributed by atoms with Crippen molar-refractivity contribution in [2.45, 2.75) is 25.5 Å². The molecule has 2 rings (SSSR count). The Bertz CT molecular complexity index is 442. The summed E-state index contributed by atoms with van der Waals surface area (Å²) < 4.78 is 13.0. The van der Waals surface area contributed by atoms with Crippen LogP contribution in [0.3, 0.4) is 0 Å². The molecule has 18 heavy (non-hydrogen) atoms. The number of aliphatic hydroxyl groups is 1. The number of carbonyl (C=O) groups excluding carboxylic acids is 1. The molecule has 1 fully saturated rings. The van der Waals surface area contributed by atoms with E-state index >= 15 is 0 Å². The SMILES string of the molecule is Cc1cc(NC(=O)C2CC(O)CN2)ccc1F.Cl. The number of hydrogen-bond acceptors (Lipinski definition) is 3. The minimum absolute atomic E-state index is 0. The second kappa shape index (κ2) is 6.13. The van der Waals surface area contributed by atoms with E-state index in [0.29, 0.717) is 24.2 Å². The number of hydrogen-bond donors (Lipinski definition) is 3. The average Bonchev–Trinajstić information content (AvgIpc) is 2.70. The van der Waals surface area contributed by atoms with Gasteiger partial charge in [0.25, 0.3) is 0 Å². The Kier molecular flexibility index (Phi) is 5.07. The molecule has 2 atom stereocenters. The van der Waals surface area contributed by atoms with Crippen LogP contribution in [-0.4, -0.2) is 29.7 Å². The van der Waals surface area contributed by atoms with E-state index in [1.807, 2.05) is 0 Å². The highest BCUT2D eigenvalue weighted by Gasteiger charge is 2.27. The first kappa shape index (κ1) is 14.9. The lowest BCUT2D eigenvalue weighted by molar-refractivity contribution is -0.117. The fourth-order valence-electron chi connectivity index (χ4n) is 1.87. The van der Waals surface area contributed by atoms with Crippen molar-refractivity contribution in [2.75, 3.05) is 11.9 Å². The van der Waals surface area contributed by atoms with Gasteiger partial charge in [0, 0.05) is 12.2 Å². The number of halogens is 2. The van der Waals surface area contributed by atoms with Crippen molar-refractivity contribution in [1.82, 2.24) is 5.32 Å². The van der Waals surface area contributed by atoms with Gasteiger partial charge in [0.15, 0.2) is 0 Å². The summed E-state index contributed by atoms with van der Waals surface area (Å²) in [5, 5.41) is 14.9. The Morgan fingerprint density at radius 2 is 2.28 bits per heavy atom. The molecule has 0 aliphatic carbocycles. The molecule has 6 heteroatoms. The molecule has 0 bridgehead atoms. The molecule has 1 saturated heterocycles. The molecular formula is C12H16ClFN2O2. The van der Waals surface area contributed by atoms with Crippen LogP contribution >= 0.6 is 12.4 Å². The van der Waals surface area contributed by atoms with Crippen LogP contribution in [0.1, 0.15) is 12.0 Å². The summed E-state index contributed by atoms with van der Waals surface area (Å²) in [6, 6.07) is 4.04. The number of benzene rings is 1. The van der Waals surface area contributed by atoms with Crippen LogP contribution in [0, 0.1) is 12.7 Å². The summed E-state index contributed by atoms with van der Waals surface area (Å²) in [5.74, 6) is -0.495. The van der Waals surface area contributed by atoms with Crippen molar-refractivity contribution in [3.63, 3.8) is 0 Å². The number of aliphatic hydroxyl groups excluding tert-OH is 1. The van der Waals surface area contributed by atoms with Gasteiger partial charge in [-0.25, -0.2) is 4.39 Å². The van der Waals surface area contributed by atoms with Gasteiger partial charge in [-0.15, -0.1) is 12.4 Å². The Hall–Kier alpha value is -1.17. The molecule has 0 saturated carbocycles. The highest BCUT2D eigenvalue weighted by Crippen LogP contribution is 2.15. The molecule has 1 heterocycles. The molecule has 100 valence electrons. The third-order valence-corrected chi connectivity index (χ3v) is 2.85. The van der Waals surface area contributed by atoms with E-state index in [1.54, 1.807) is 13.0 Å². The second-order valence-electron chi connectivity index (χ2n) is 4.30. The van der Waals surface area contributed by atoms with Crippen molar-refractivity contribution < 1.29 is 14.3 Å². The second-order valence-corrected chi connectivity index (χ2v) is 4.30. The molecule has 4 nitrogen and oxygen atoms in total. The molecule has 0 aromatic heterocycles. The van der Waals surface area contributed by atoms with E-state index in [4.69, 9.17) is 0 Å². The maximum atomic E-state index is 13.0. The lowest BCUT2D eigenvalue weighted by Gasteiger charge is -2.11. The minimum Gasteiger partial charge on any atom is -0.392 e. The number of aryl methyl sites for hydroxylation is 1. The van der Waals surface area contributed by atoms with Crippen molar-refractivity contribution in [3.05, 3.63) is 29.6 Å². The largest absolute Gasteiger partial charge is 0.392 e. The standard InChI is InChI=1S/C12H15FN2O2.ClH/c1-7-4-8(2-3-10(7)13)15-12(17)11-5-9(16)6-14-11;/h2-4,9,11,14,16H,5-6H2,1H3,(H,15,17);1H. The number of β-amino-alcohol motifs (C(OH)–C–C–N with tert-alkyl or cyclic N) is 1. The molecule has 1 aromatic rings. The first-order valence-electron chi connectivity index (χ1n) is 5.54. The fraction of sp³-hybridized carbons (Fsp3) is 0.417. The zero-order chi connectivity index (χ0) is 12.4. The number of carbonyl (C=O) groups is 1. The third-order valence-electron chi connectivity index (χ3n) is 2.85. The Morgan fingerprint density at radius 1 is 1.56 bits per heavy atom. The summed E-state index contributed by atoms with van der Waals surface area (Å²) in [5.41, 5.74) is 1.05. The Morgan fingerprint density at radius 3 is 2.83 bits per heavy atom. The van der Waals surface area contributed by atoms with E-state index in [-0.39, 0.29) is 30.2 Å². The quantitative estimate of drug-likeness (QED) is 0.760. The van der Waals surface area contributed by atoms with Gasteiger partial charge in [0.05, 0.1) is 12.1 Å². The third kappa shape index (κ3) is 3.41. The van der Waals surface area contributed by atoms with Crippen molar-refractivity contribution in [3.8, 4) is 0 Å². The molecular weight excluding hydrogens is 259 g/mol. The number of anilines is 1. The summed E-state index contributed by atoms with van der Waals surface area (Å²) in [6.45, 7) is 2.07. The number of rotatable bonds is 2.